The summed E-state index contributed by atoms with van der Waals surface area (Å²) in [4.78, 5) is 23.5. The van der Waals surface area contributed by atoms with Crippen LogP contribution in [0.2, 0.25) is 0 Å². The molecule has 0 aliphatic rings. The normalized spacial score (nSPS) is 12.9. The zero-order valence-corrected chi connectivity index (χ0v) is 14.3. The Bertz CT molecular complexity index is 810. The molecule has 0 heterocycles. The molecule has 5 nitrogen and oxygen atoms in total. The summed E-state index contributed by atoms with van der Waals surface area (Å²) in [6.45, 7) is 3.25. The summed E-state index contributed by atoms with van der Waals surface area (Å²) in [5.41, 5.74) is 1.52. The van der Waals surface area contributed by atoms with Gasteiger partial charge in [0.2, 0.25) is 0 Å². The summed E-state index contributed by atoms with van der Waals surface area (Å²) in [6, 6.07) is 9.33. The van der Waals surface area contributed by atoms with E-state index in [2.05, 4.69) is 5.32 Å². The van der Waals surface area contributed by atoms with Crippen molar-refractivity contribution in [1.29, 1.82) is 0 Å². The van der Waals surface area contributed by atoms with Crippen molar-refractivity contribution < 1.29 is 28.2 Å². The highest BCUT2D eigenvalue weighted by atomic mass is 19.2. The van der Waals surface area contributed by atoms with E-state index in [0.717, 1.165) is 17.7 Å². The number of halogens is 2. The molecule has 0 spiro atoms. The number of carboxylic acids is 1. The van der Waals surface area contributed by atoms with Gasteiger partial charge >= 0.3 is 5.97 Å². The number of hydrogen-bond acceptors (Lipinski definition) is 3. The molecule has 2 aromatic rings. The number of carbonyl (C=O) groups is 2. The first-order valence-corrected chi connectivity index (χ1v) is 7.97. The van der Waals surface area contributed by atoms with Crippen molar-refractivity contribution in [3.63, 3.8) is 0 Å². The molecule has 0 saturated carbocycles. The van der Waals surface area contributed by atoms with Gasteiger partial charge in [0.05, 0.1) is 12.5 Å². The second-order valence-electron chi connectivity index (χ2n) is 5.85. The topological polar surface area (TPSA) is 75.6 Å². The molecular weight excluding hydrogens is 344 g/mol. The Labute approximate surface area is 149 Å². The maximum atomic E-state index is 13.2. The van der Waals surface area contributed by atoms with Crippen LogP contribution in [0.1, 0.15) is 30.5 Å². The molecule has 1 amide bonds. The lowest BCUT2D eigenvalue weighted by Crippen LogP contribution is -2.39. The van der Waals surface area contributed by atoms with Gasteiger partial charge in [-0.2, -0.15) is 0 Å². The van der Waals surface area contributed by atoms with Gasteiger partial charge in [0.25, 0.3) is 5.91 Å². The van der Waals surface area contributed by atoms with Crippen LogP contribution < -0.4 is 10.1 Å². The van der Waals surface area contributed by atoms with Gasteiger partial charge in [-0.05, 0) is 37.1 Å². The Morgan fingerprint density at radius 2 is 1.85 bits per heavy atom. The van der Waals surface area contributed by atoms with E-state index in [-0.39, 0.29) is 12.2 Å². The van der Waals surface area contributed by atoms with E-state index in [0.29, 0.717) is 5.56 Å². The quantitative estimate of drug-likeness (QED) is 0.791. The van der Waals surface area contributed by atoms with Crippen molar-refractivity contribution in [3.05, 3.63) is 65.2 Å². The fourth-order valence-electron chi connectivity index (χ4n) is 2.49. The van der Waals surface area contributed by atoms with Crippen molar-refractivity contribution in [2.24, 2.45) is 0 Å². The number of carboxylic acid groups (broad SMARTS) is 1. The number of benzene rings is 2. The van der Waals surface area contributed by atoms with Gasteiger partial charge in [-0.15, -0.1) is 0 Å². The number of ether oxygens (including phenoxy) is 1. The van der Waals surface area contributed by atoms with Crippen LogP contribution in [0.5, 0.6) is 5.75 Å². The Hall–Kier alpha value is -2.96. The largest absolute Gasteiger partial charge is 0.481 e. The minimum atomic E-state index is -1.08. The summed E-state index contributed by atoms with van der Waals surface area (Å²) in [5, 5.41) is 11.8. The van der Waals surface area contributed by atoms with E-state index >= 15 is 0 Å². The maximum Gasteiger partial charge on any atom is 0.305 e. The Balaban J connectivity index is 2.11. The summed E-state index contributed by atoms with van der Waals surface area (Å²) >= 11 is 0. The van der Waals surface area contributed by atoms with Gasteiger partial charge in [0.1, 0.15) is 5.75 Å². The second kappa shape index (κ2) is 8.42. The molecule has 0 fully saturated rings. The van der Waals surface area contributed by atoms with Crippen molar-refractivity contribution in [3.8, 4) is 5.75 Å². The minimum Gasteiger partial charge on any atom is -0.481 e. The fraction of sp³-hybridized carbons (Fsp3) is 0.263. The molecule has 0 bridgehead atoms. The summed E-state index contributed by atoms with van der Waals surface area (Å²) in [7, 11) is 0. The number of amides is 1. The van der Waals surface area contributed by atoms with Gasteiger partial charge < -0.3 is 15.2 Å². The van der Waals surface area contributed by atoms with Crippen LogP contribution in [0.4, 0.5) is 8.78 Å². The van der Waals surface area contributed by atoms with E-state index in [1.165, 1.54) is 13.0 Å². The highest BCUT2D eigenvalue weighted by molar-refractivity contribution is 5.82. The molecule has 2 N–H and O–H groups in total. The molecule has 0 aliphatic carbocycles. The lowest BCUT2D eigenvalue weighted by Gasteiger charge is -2.22. The van der Waals surface area contributed by atoms with E-state index in [4.69, 9.17) is 9.84 Å². The van der Waals surface area contributed by atoms with Crippen LogP contribution in [0, 0.1) is 18.6 Å². The van der Waals surface area contributed by atoms with E-state index in [1.54, 1.807) is 12.1 Å². The summed E-state index contributed by atoms with van der Waals surface area (Å²) < 4.78 is 31.5. The molecule has 7 heteroatoms. The molecule has 138 valence electrons. The zero-order valence-electron chi connectivity index (χ0n) is 14.3. The summed E-state index contributed by atoms with van der Waals surface area (Å²) in [5.74, 6) is -3.73. The summed E-state index contributed by atoms with van der Waals surface area (Å²) in [6.07, 6.45) is -1.32. The van der Waals surface area contributed by atoms with Gasteiger partial charge in [-0.1, -0.05) is 24.3 Å². The van der Waals surface area contributed by atoms with Crippen LogP contribution in [0.15, 0.2) is 42.5 Å². The van der Waals surface area contributed by atoms with Gasteiger partial charge in [0, 0.05) is 6.07 Å². The zero-order chi connectivity index (χ0) is 19.3. The number of aliphatic carboxylic acids is 1. The number of carbonyl (C=O) groups excluding carboxylic acids is 1. The third-order valence-corrected chi connectivity index (χ3v) is 3.83. The van der Waals surface area contributed by atoms with Crippen LogP contribution in [0.25, 0.3) is 0 Å². The molecule has 2 atom stereocenters. The molecule has 26 heavy (non-hydrogen) atoms. The van der Waals surface area contributed by atoms with Gasteiger partial charge in [-0.3, -0.25) is 9.59 Å². The number of aryl methyl sites for hydroxylation is 1. The third-order valence-electron chi connectivity index (χ3n) is 3.83. The van der Waals surface area contributed by atoms with Crippen molar-refractivity contribution in [2.45, 2.75) is 32.4 Å². The predicted molar refractivity (Wildman–Crippen MR) is 90.8 cm³/mol. The molecule has 0 aliphatic heterocycles. The van der Waals surface area contributed by atoms with Crippen LogP contribution in [-0.2, 0) is 9.59 Å². The maximum absolute atomic E-state index is 13.2. The van der Waals surface area contributed by atoms with Gasteiger partial charge in [0.15, 0.2) is 17.7 Å². The first-order valence-electron chi connectivity index (χ1n) is 7.97. The van der Waals surface area contributed by atoms with E-state index in [1.807, 2.05) is 19.1 Å². The molecule has 2 rings (SSSR count). The third kappa shape index (κ3) is 5.02. The number of hydrogen-bond donors (Lipinski definition) is 2. The van der Waals surface area contributed by atoms with E-state index in [9.17, 15) is 18.4 Å². The van der Waals surface area contributed by atoms with Crippen molar-refractivity contribution in [1.82, 2.24) is 5.32 Å². The van der Waals surface area contributed by atoms with E-state index < -0.39 is 35.7 Å². The standard InChI is InChI=1S/C19H19F2NO4/c1-11-5-3-4-6-14(11)17(10-18(23)24)22-19(25)12(2)26-13-7-8-15(20)16(21)9-13/h3-9,12,17H,10H2,1-2H3,(H,22,25)(H,23,24). The smallest absolute Gasteiger partial charge is 0.305 e. The van der Waals surface area contributed by atoms with Crippen LogP contribution in [0.3, 0.4) is 0 Å². The molecule has 2 unspecified atom stereocenters. The first kappa shape index (κ1) is 19.4. The lowest BCUT2D eigenvalue weighted by atomic mass is 9.98. The highest BCUT2D eigenvalue weighted by Gasteiger charge is 2.23. The highest BCUT2D eigenvalue weighted by Crippen LogP contribution is 2.22. The molecule has 0 aromatic heterocycles. The second-order valence-corrected chi connectivity index (χ2v) is 5.85. The molecule has 0 saturated heterocycles. The first-order chi connectivity index (χ1) is 12.3. The average Bonchev–Trinajstić information content (AvgIpc) is 2.57. The van der Waals surface area contributed by atoms with Crippen LogP contribution in [-0.4, -0.2) is 23.1 Å². The van der Waals surface area contributed by atoms with Gasteiger partial charge in [-0.25, -0.2) is 8.78 Å². The molecule has 2 aromatic carbocycles. The van der Waals surface area contributed by atoms with Crippen molar-refractivity contribution >= 4 is 11.9 Å². The predicted octanol–water partition coefficient (Wildman–Crippen LogP) is 3.37. The molecule has 0 radical (unpaired) electrons. The Kier molecular flexibility index (Phi) is 6.27. The number of rotatable bonds is 7. The monoisotopic (exact) mass is 363 g/mol. The molecular formula is C19H19F2NO4. The number of nitrogens with one attached hydrogen (secondary N) is 1. The lowest BCUT2D eigenvalue weighted by molar-refractivity contribution is -0.138. The van der Waals surface area contributed by atoms with Crippen molar-refractivity contribution in [2.75, 3.05) is 0 Å². The fourth-order valence-corrected chi connectivity index (χ4v) is 2.49. The SMILES string of the molecule is Cc1ccccc1C(CC(=O)O)NC(=O)C(C)Oc1ccc(F)c(F)c1. The minimum absolute atomic E-state index is 0.00257. The average molecular weight is 363 g/mol. The van der Waals surface area contributed by atoms with Crippen LogP contribution >= 0.6 is 0 Å². The Morgan fingerprint density at radius 1 is 1.15 bits per heavy atom. The Morgan fingerprint density at radius 3 is 2.46 bits per heavy atom.